The van der Waals surface area contributed by atoms with Crippen molar-refractivity contribution in [3.63, 3.8) is 0 Å². The van der Waals surface area contributed by atoms with Crippen molar-refractivity contribution in [2.24, 2.45) is 0 Å². The van der Waals surface area contributed by atoms with Gasteiger partial charge in [0.05, 0.1) is 5.75 Å². The molecule has 0 saturated carbocycles. The maximum atomic E-state index is 11.5. The normalized spacial score (nSPS) is 12.7. The van der Waals surface area contributed by atoms with Gasteiger partial charge in [-0.25, -0.2) is 17.9 Å². The average Bonchev–Trinajstić information content (AvgIpc) is 2.36. The monoisotopic (exact) mass is 300 g/mol. The summed E-state index contributed by atoms with van der Waals surface area (Å²) < 4.78 is 30.4. The van der Waals surface area contributed by atoms with E-state index in [0.29, 0.717) is 6.54 Å². The minimum absolute atomic E-state index is 0.152. The van der Waals surface area contributed by atoms with Gasteiger partial charge >= 0.3 is 6.09 Å². The Kier molecular flexibility index (Phi) is 6.47. The molecule has 0 spiro atoms. The molecule has 0 aliphatic carbocycles. The van der Waals surface area contributed by atoms with E-state index in [4.69, 9.17) is 4.74 Å². The van der Waals surface area contributed by atoms with E-state index in [-0.39, 0.29) is 12.4 Å². The van der Waals surface area contributed by atoms with Crippen molar-refractivity contribution in [2.75, 3.05) is 12.3 Å². The van der Waals surface area contributed by atoms with Gasteiger partial charge in [0, 0.05) is 12.6 Å². The smallest absolute Gasteiger partial charge is 0.407 e. The number of carbonyl (C=O) groups is 1. The van der Waals surface area contributed by atoms with Gasteiger partial charge in [-0.2, -0.15) is 0 Å². The van der Waals surface area contributed by atoms with E-state index >= 15 is 0 Å². The van der Waals surface area contributed by atoms with Crippen LogP contribution in [0.25, 0.3) is 0 Å². The second-order valence-electron chi connectivity index (χ2n) is 4.39. The van der Waals surface area contributed by atoms with Crippen molar-refractivity contribution < 1.29 is 17.9 Å². The van der Waals surface area contributed by atoms with Gasteiger partial charge < -0.3 is 10.1 Å². The summed E-state index contributed by atoms with van der Waals surface area (Å²) in [6.45, 7) is 3.79. The molecule has 0 fully saturated rings. The van der Waals surface area contributed by atoms with Crippen LogP contribution in [-0.2, 0) is 21.4 Å². The van der Waals surface area contributed by atoms with Gasteiger partial charge in [-0.15, -0.1) is 0 Å². The minimum Gasteiger partial charge on any atom is -0.445 e. The molecular formula is C13H20N2O4S. The number of carbonyl (C=O) groups excluding carboxylic acids is 1. The molecule has 1 amide bonds. The highest BCUT2D eigenvalue weighted by Gasteiger charge is 2.16. The van der Waals surface area contributed by atoms with Crippen molar-refractivity contribution in [3.05, 3.63) is 35.9 Å². The van der Waals surface area contributed by atoms with Crippen LogP contribution in [0.5, 0.6) is 0 Å². The van der Waals surface area contributed by atoms with Crippen molar-refractivity contribution in [3.8, 4) is 0 Å². The summed E-state index contributed by atoms with van der Waals surface area (Å²) in [6.07, 6.45) is -0.631. The molecule has 1 aromatic rings. The average molecular weight is 300 g/mol. The Morgan fingerprint density at radius 3 is 2.55 bits per heavy atom. The van der Waals surface area contributed by atoms with Gasteiger partial charge in [0.1, 0.15) is 6.61 Å². The van der Waals surface area contributed by atoms with Gasteiger partial charge in [0.25, 0.3) is 0 Å². The summed E-state index contributed by atoms with van der Waals surface area (Å²) in [6, 6.07) is 8.72. The van der Waals surface area contributed by atoms with Crippen molar-refractivity contribution >= 4 is 16.1 Å². The highest BCUT2D eigenvalue weighted by molar-refractivity contribution is 7.89. The standard InChI is InChI=1S/C13H20N2O4S/c1-3-14-20(17,18)10-11(2)15-13(16)19-9-12-7-5-4-6-8-12/h4-8,11,14H,3,9-10H2,1-2H3,(H,15,16). The lowest BCUT2D eigenvalue weighted by Gasteiger charge is -2.14. The predicted octanol–water partition coefficient (Wildman–Crippen LogP) is 1.24. The number of hydrogen-bond acceptors (Lipinski definition) is 4. The van der Waals surface area contributed by atoms with Crippen LogP contribution in [0.3, 0.4) is 0 Å². The van der Waals surface area contributed by atoms with Crippen LogP contribution in [0.4, 0.5) is 4.79 Å². The number of sulfonamides is 1. The number of nitrogens with one attached hydrogen (secondary N) is 2. The number of rotatable bonds is 7. The summed E-state index contributed by atoms with van der Waals surface area (Å²) in [5.74, 6) is -0.179. The summed E-state index contributed by atoms with van der Waals surface area (Å²) in [5, 5.41) is 2.48. The van der Waals surface area contributed by atoms with Crippen LogP contribution in [0, 0.1) is 0 Å². The van der Waals surface area contributed by atoms with Gasteiger partial charge in [0.2, 0.25) is 10.0 Å². The topological polar surface area (TPSA) is 84.5 Å². The fraction of sp³-hybridized carbons (Fsp3) is 0.462. The summed E-state index contributed by atoms with van der Waals surface area (Å²) in [5.41, 5.74) is 0.871. The maximum Gasteiger partial charge on any atom is 0.407 e. The fourth-order valence-corrected chi connectivity index (χ4v) is 2.91. The van der Waals surface area contributed by atoms with Crippen LogP contribution < -0.4 is 10.0 Å². The molecule has 0 aromatic heterocycles. The van der Waals surface area contributed by atoms with E-state index in [1.807, 2.05) is 30.3 Å². The van der Waals surface area contributed by atoms with Crippen LogP contribution in [0.15, 0.2) is 30.3 Å². The van der Waals surface area contributed by atoms with E-state index in [1.54, 1.807) is 13.8 Å². The first-order valence-electron chi connectivity index (χ1n) is 6.37. The highest BCUT2D eigenvalue weighted by atomic mass is 32.2. The van der Waals surface area contributed by atoms with Gasteiger partial charge in [-0.3, -0.25) is 0 Å². The molecule has 7 heteroatoms. The van der Waals surface area contributed by atoms with Crippen LogP contribution in [-0.4, -0.2) is 32.9 Å². The minimum atomic E-state index is -3.36. The third-order valence-corrected chi connectivity index (χ3v) is 4.08. The predicted molar refractivity (Wildman–Crippen MR) is 76.7 cm³/mol. The van der Waals surface area contributed by atoms with Gasteiger partial charge in [0.15, 0.2) is 0 Å². The SMILES string of the molecule is CCNS(=O)(=O)CC(C)NC(=O)OCc1ccccc1. The van der Waals surface area contributed by atoms with E-state index in [0.717, 1.165) is 5.56 Å². The van der Waals surface area contributed by atoms with Crippen LogP contribution in [0.1, 0.15) is 19.4 Å². The highest BCUT2D eigenvalue weighted by Crippen LogP contribution is 2.01. The van der Waals surface area contributed by atoms with E-state index in [2.05, 4.69) is 10.0 Å². The van der Waals surface area contributed by atoms with E-state index in [9.17, 15) is 13.2 Å². The first-order valence-corrected chi connectivity index (χ1v) is 8.02. The maximum absolute atomic E-state index is 11.5. The Hall–Kier alpha value is -1.60. The quantitative estimate of drug-likeness (QED) is 0.793. The fourth-order valence-electron chi connectivity index (χ4n) is 1.62. The second kappa shape index (κ2) is 7.86. The molecule has 0 bridgehead atoms. The van der Waals surface area contributed by atoms with Crippen molar-refractivity contribution in [1.29, 1.82) is 0 Å². The van der Waals surface area contributed by atoms with Gasteiger partial charge in [-0.1, -0.05) is 37.3 Å². The Morgan fingerprint density at radius 1 is 1.30 bits per heavy atom. The largest absolute Gasteiger partial charge is 0.445 e. The molecule has 20 heavy (non-hydrogen) atoms. The summed E-state index contributed by atoms with van der Waals surface area (Å²) in [4.78, 5) is 11.5. The molecule has 1 rings (SSSR count). The molecule has 1 atom stereocenters. The molecule has 0 saturated heterocycles. The molecule has 0 aliphatic heterocycles. The molecular weight excluding hydrogens is 280 g/mol. The van der Waals surface area contributed by atoms with Crippen molar-refractivity contribution in [2.45, 2.75) is 26.5 Å². The number of ether oxygens (including phenoxy) is 1. The molecule has 6 nitrogen and oxygen atoms in total. The van der Waals surface area contributed by atoms with Crippen LogP contribution in [0.2, 0.25) is 0 Å². The lowest BCUT2D eigenvalue weighted by atomic mass is 10.2. The molecule has 0 heterocycles. The third-order valence-electron chi connectivity index (χ3n) is 2.41. The Morgan fingerprint density at radius 2 is 1.95 bits per heavy atom. The Balaban J connectivity index is 2.35. The Labute approximate surface area is 119 Å². The van der Waals surface area contributed by atoms with E-state index in [1.165, 1.54) is 0 Å². The Bertz CT molecular complexity index is 516. The lowest BCUT2D eigenvalue weighted by Crippen LogP contribution is -2.41. The summed E-state index contributed by atoms with van der Waals surface area (Å²) in [7, 11) is -3.36. The summed E-state index contributed by atoms with van der Waals surface area (Å²) >= 11 is 0. The second-order valence-corrected chi connectivity index (χ2v) is 6.24. The first-order chi connectivity index (χ1) is 9.43. The molecule has 0 aliphatic rings. The molecule has 112 valence electrons. The number of alkyl carbamates (subject to hydrolysis) is 1. The molecule has 0 radical (unpaired) electrons. The van der Waals surface area contributed by atoms with Crippen LogP contribution >= 0.6 is 0 Å². The lowest BCUT2D eigenvalue weighted by molar-refractivity contribution is 0.137. The third kappa shape index (κ3) is 6.53. The first kappa shape index (κ1) is 16.5. The molecule has 1 aromatic carbocycles. The van der Waals surface area contributed by atoms with Gasteiger partial charge in [-0.05, 0) is 12.5 Å². The number of benzene rings is 1. The van der Waals surface area contributed by atoms with E-state index < -0.39 is 22.2 Å². The number of hydrogen-bond donors (Lipinski definition) is 2. The number of amides is 1. The zero-order chi connectivity index (χ0) is 15.0. The zero-order valence-electron chi connectivity index (χ0n) is 11.6. The zero-order valence-corrected chi connectivity index (χ0v) is 12.4. The molecule has 2 N–H and O–H groups in total. The van der Waals surface area contributed by atoms with Crippen molar-refractivity contribution in [1.82, 2.24) is 10.0 Å². The molecule has 1 unspecified atom stereocenters.